The van der Waals surface area contributed by atoms with Crippen molar-refractivity contribution in [1.82, 2.24) is 4.98 Å². The molecular weight excluding hydrogens is 492 g/mol. The van der Waals surface area contributed by atoms with Gasteiger partial charge in [0.15, 0.2) is 6.17 Å². The molecule has 0 aromatic carbocycles. The number of H-pyrrole nitrogens is 1. The molecule has 0 bridgehead atoms. The number of ether oxygens (including phenoxy) is 1. The summed E-state index contributed by atoms with van der Waals surface area (Å²) >= 11 is 0. The van der Waals surface area contributed by atoms with E-state index < -0.39 is 59.7 Å². The van der Waals surface area contributed by atoms with Crippen LogP contribution in [0.5, 0.6) is 0 Å². The van der Waals surface area contributed by atoms with E-state index in [1.165, 1.54) is 20.0 Å². The third-order valence-electron chi connectivity index (χ3n) is 4.31. The Morgan fingerprint density at radius 3 is 2.35 bits per heavy atom. The van der Waals surface area contributed by atoms with E-state index >= 15 is 0 Å². The fourth-order valence-electron chi connectivity index (χ4n) is 2.86. The van der Waals surface area contributed by atoms with E-state index in [0.717, 1.165) is 10.6 Å². The number of aromatic nitrogens is 2. The van der Waals surface area contributed by atoms with Gasteiger partial charge in [-0.15, -0.1) is 0 Å². The van der Waals surface area contributed by atoms with E-state index in [4.69, 9.17) is 14.5 Å². The number of nitrogens with one attached hydrogen (secondary N) is 1. The van der Waals surface area contributed by atoms with Crippen molar-refractivity contribution in [3.8, 4) is 0 Å². The Kier molecular flexibility index (Phi) is 7.81. The van der Waals surface area contributed by atoms with E-state index in [1.807, 2.05) is 0 Å². The second-order valence-electron chi connectivity index (χ2n) is 6.48. The van der Waals surface area contributed by atoms with Crippen LogP contribution in [0, 0.1) is 6.92 Å². The van der Waals surface area contributed by atoms with Crippen LogP contribution in [0.15, 0.2) is 17.1 Å². The first-order valence-electron chi connectivity index (χ1n) is 8.40. The number of hydrogen-bond donors (Lipinski definition) is 6. The molecule has 1 fully saturated rings. The number of phosphoric ester groups is 1. The molecule has 2 unspecified atom stereocenters. The second-order valence-corrected chi connectivity index (χ2v) is 10.9. The first kappa shape index (κ1) is 26.4. The minimum atomic E-state index is -5.74. The molecule has 6 N–H and O–H groups in total. The number of hydrogen-bond acceptors (Lipinski definition) is 9. The molecule has 0 aliphatic carbocycles. The molecule has 1 saturated heterocycles. The highest BCUT2D eigenvalue weighted by Crippen LogP contribution is 2.66. The van der Waals surface area contributed by atoms with Crippen LogP contribution >= 0.6 is 23.5 Å². The lowest BCUT2D eigenvalue weighted by Gasteiger charge is -2.30. The van der Waals surface area contributed by atoms with Gasteiger partial charge in [-0.1, -0.05) is 6.92 Å². The van der Waals surface area contributed by atoms with Crippen molar-refractivity contribution in [2.24, 2.45) is 0 Å². The predicted molar refractivity (Wildman–Crippen MR) is 95.9 cm³/mol. The molecule has 0 radical (unpaired) electrons. The van der Waals surface area contributed by atoms with Crippen LogP contribution in [0.2, 0.25) is 0 Å². The average Bonchev–Trinajstić information content (AvgIpc) is 2.82. The molecule has 0 spiro atoms. The van der Waals surface area contributed by atoms with Crippen LogP contribution in [0.3, 0.4) is 0 Å². The van der Waals surface area contributed by atoms with Gasteiger partial charge < -0.3 is 29.4 Å². The summed E-state index contributed by atoms with van der Waals surface area (Å²) in [6.07, 6.45) is -4.44. The smallest absolute Gasteiger partial charge is 0.387 e. The average molecular weight is 513 g/mol. The fourth-order valence-corrected chi connectivity index (χ4v) is 5.94. The van der Waals surface area contributed by atoms with Crippen molar-refractivity contribution < 1.29 is 65.2 Å². The van der Waals surface area contributed by atoms with Gasteiger partial charge in [0, 0.05) is 6.92 Å². The number of aliphatic hydroxyl groups excluding tert-OH is 1. The minimum absolute atomic E-state index is 0.173. The largest absolute Gasteiger partial charge is 0.490 e. The molecule has 0 amide bonds. The molecule has 178 valence electrons. The minimum Gasteiger partial charge on any atom is -0.387 e. The highest BCUT2D eigenvalue weighted by molar-refractivity contribution is 7.66. The summed E-state index contributed by atoms with van der Waals surface area (Å²) in [6.45, 7) is 1.82. The maximum absolute atomic E-state index is 14.8. The molecule has 6 atom stereocenters. The standard InChI is InChI=1S/C12H20FN2O13P3/c1-3-12(6-25-30(21,22)28-31(23,24)27-29(18,19)20)10(17)9(13)11(26-12)15-5-4-8(16)14-7(15)2/h4-5,9-11,17H,3,6H2,1-2H3,(H4,18,19,20,21,22,23,24)/p+1/t9-,10+,11-,12-/m1/s1. The van der Waals surface area contributed by atoms with Crippen LogP contribution in [-0.2, 0) is 31.6 Å². The second kappa shape index (κ2) is 9.18. The Hall–Kier alpha value is -0.860. The van der Waals surface area contributed by atoms with Gasteiger partial charge in [-0.25, -0.2) is 32.4 Å². The Labute approximate surface area is 173 Å². The van der Waals surface area contributed by atoms with E-state index in [1.54, 1.807) is 0 Å². The van der Waals surface area contributed by atoms with E-state index in [2.05, 4.69) is 18.1 Å². The number of rotatable bonds is 9. The van der Waals surface area contributed by atoms with Gasteiger partial charge in [-0.3, -0.25) is 4.52 Å². The van der Waals surface area contributed by atoms with E-state index in [9.17, 15) is 37.8 Å². The van der Waals surface area contributed by atoms with Crippen molar-refractivity contribution in [1.29, 1.82) is 0 Å². The Morgan fingerprint density at radius 2 is 1.84 bits per heavy atom. The quantitative estimate of drug-likeness (QED) is 0.184. The number of phosphoric acid groups is 3. The summed E-state index contributed by atoms with van der Waals surface area (Å²) in [4.78, 5) is 49.6. The zero-order valence-electron chi connectivity index (χ0n) is 16.0. The molecule has 1 aromatic rings. The van der Waals surface area contributed by atoms with E-state index in [0.29, 0.717) is 0 Å². The van der Waals surface area contributed by atoms with Crippen LogP contribution < -0.4 is 10.1 Å². The SMILES string of the molecule is CC[C@]1(COP(=O)(O)OP(=O)(O)OP(=O)(O)O)O[C@@H]([n+]2ccc(=O)[nH]c2C)[C@H](F)[C@@H]1O. The van der Waals surface area contributed by atoms with Crippen molar-refractivity contribution in [3.05, 3.63) is 28.4 Å². The topological polar surface area (TPSA) is 226 Å². The Balaban J connectivity index is 2.20. The maximum Gasteiger partial charge on any atom is 0.490 e. The molecular formula is C12H21FN2O13P3+. The van der Waals surface area contributed by atoms with Crippen molar-refractivity contribution in [3.63, 3.8) is 0 Å². The molecule has 19 heteroatoms. The van der Waals surface area contributed by atoms with Crippen molar-refractivity contribution >= 4 is 23.5 Å². The third kappa shape index (κ3) is 6.57. The molecule has 1 aromatic heterocycles. The number of alkyl halides is 1. The lowest BCUT2D eigenvalue weighted by atomic mass is 9.94. The van der Waals surface area contributed by atoms with Gasteiger partial charge in [-0.05, 0) is 6.42 Å². The van der Waals surface area contributed by atoms with Crippen molar-refractivity contribution in [2.45, 2.75) is 44.4 Å². The number of aryl methyl sites for hydroxylation is 1. The van der Waals surface area contributed by atoms with E-state index in [-0.39, 0.29) is 12.2 Å². The van der Waals surface area contributed by atoms with Gasteiger partial charge >= 0.3 is 29.0 Å². The van der Waals surface area contributed by atoms with Crippen LogP contribution in [-0.4, -0.2) is 54.1 Å². The molecule has 1 aliphatic rings. The lowest BCUT2D eigenvalue weighted by molar-refractivity contribution is -0.773. The normalized spacial score (nSPS) is 30.6. The maximum atomic E-state index is 14.8. The summed E-state index contributed by atoms with van der Waals surface area (Å²) < 4.78 is 67.2. The predicted octanol–water partition coefficient (Wildman–Crippen LogP) is -0.309. The first-order valence-corrected chi connectivity index (χ1v) is 12.9. The highest BCUT2D eigenvalue weighted by atomic mass is 31.3. The molecule has 2 rings (SSSR count). The van der Waals surface area contributed by atoms with Crippen LogP contribution in [0.25, 0.3) is 0 Å². The molecule has 2 heterocycles. The van der Waals surface area contributed by atoms with Crippen LogP contribution in [0.1, 0.15) is 25.4 Å². The van der Waals surface area contributed by atoms with Gasteiger partial charge in [0.2, 0.25) is 6.23 Å². The molecule has 15 nitrogen and oxygen atoms in total. The summed E-state index contributed by atoms with van der Waals surface area (Å²) in [5, 5.41) is 10.4. The Bertz CT molecular complexity index is 1010. The summed E-state index contributed by atoms with van der Waals surface area (Å²) in [7, 11) is -16.8. The molecule has 31 heavy (non-hydrogen) atoms. The Morgan fingerprint density at radius 1 is 1.23 bits per heavy atom. The summed E-state index contributed by atoms with van der Waals surface area (Å²) in [5.41, 5.74) is -2.41. The lowest BCUT2D eigenvalue weighted by Crippen LogP contribution is -2.48. The number of aliphatic hydroxyl groups is 1. The van der Waals surface area contributed by atoms with Crippen molar-refractivity contribution in [2.75, 3.05) is 6.61 Å². The summed E-state index contributed by atoms with van der Waals surface area (Å²) in [5.74, 6) is 0.173. The number of aromatic amines is 1. The first-order chi connectivity index (χ1) is 14.0. The van der Waals surface area contributed by atoms with Gasteiger partial charge in [0.1, 0.15) is 17.9 Å². The number of nitrogens with zero attached hydrogens (tertiary/aromatic N) is 1. The van der Waals surface area contributed by atoms with Gasteiger partial charge in [0.25, 0.3) is 5.82 Å². The third-order valence-corrected chi connectivity index (χ3v) is 8.09. The molecule has 1 aliphatic heterocycles. The van der Waals surface area contributed by atoms with Crippen LogP contribution in [0.4, 0.5) is 4.39 Å². The van der Waals surface area contributed by atoms with Gasteiger partial charge in [0.05, 0.1) is 12.7 Å². The zero-order valence-corrected chi connectivity index (χ0v) is 18.7. The number of halogens is 1. The molecule has 0 saturated carbocycles. The monoisotopic (exact) mass is 513 g/mol. The summed E-state index contributed by atoms with van der Waals surface area (Å²) in [6, 6.07) is 1.08. The highest BCUT2D eigenvalue weighted by Gasteiger charge is 2.58. The zero-order chi connectivity index (χ0) is 23.8. The fraction of sp³-hybridized carbons (Fsp3) is 0.667. The van der Waals surface area contributed by atoms with Gasteiger partial charge in [-0.2, -0.15) is 8.62 Å².